The van der Waals surface area contributed by atoms with Crippen LogP contribution in [0.25, 0.3) is 0 Å². The Morgan fingerprint density at radius 3 is 2.45 bits per heavy atom. The van der Waals surface area contributed by atoms with E-state index in [0.29, 0.717) is 6.54 Å². The molecule has 2 rings (SSSR count). The Labute approximate surface area is 137 Å². The van der Waals surface area contributed by atoms with Crippen molar-refractivity contribution < 1.29 is 0 Å². The van der Waals surface area contributed by atoms with E-state index < -0.39 is 0 Å². The maximum Gasteiger partial charge on any atom is 0.0636 e. The monoisotopic (exact) mass is 396 g/mol. The Balaban J connectivity index is 2.26. The molecule has 0 aromatic heterocycles. The maximum absolute atomic E-state index is 5.93. The standard InChI is InChI=1S/C16H18Br2N2/c1-10-5-13(17)8-14(6-10)20-16(9-19)12-3-4-15(18)11(2)7-12/h3-8,16,20H,9,19H2,1-2H3. The lowest BCUT2D eigenvalue weighted by atomic mass is 10.0. The van der Waals surface area contributed by atoms with Gasteiger partial charge >= 0.3 is 0 Å². The summed E-state index contributed by atoms with van der Waals surface area (Å²) in [6.45, 7) is 4.72. The normalized spacial score (nSPS) is 12.2. The van der Waals surface area contributed by atoms with Crippen LogP contribution in [0, 0.1) is 13.8 Å². The van der Waals surface area contributed by atoms with E-state index in [1.807, 2.05) is 0 Å². The molecule has 20 heavy (non-hydrogen) atoms. The minimum Gasteiger partial charge on any atom is -0.377 e. The van der Waals surface area contributed by atoms with Crippen molar-refractivity contribution in [2.75, 3.05) is 11.9 Å². The lowest BCUT2D eigenvalue weighted by molar-refractivity contribution is 0.788. The molecular weight excluding hydrogens is 380 g/mol. The SMILES string of the molecule is Cc1cc(Br)cc(NC(CN)c2ccc(Br)c(C)c2)c1. The number of hydrogen-bond acceptors (Lipinski definition) is 2. The first-order chi connectivity index (χ1) is 9.49. The second-order valence-electron chi connectivity index (χ2n) is 4.96. The highest BCUT2D eigenvalue weighted by atomic mass is 79.9. The van der Waals surface area contributed by atoms with E-state index >= 15 is 0 Å². The molecule has 0 aliphatic carbocycles. The average Bonchev–Trinajstić information content (AvgIpc) is 2.38. The van der Waals surface area contributed by atoms with Crippen LogP contribution < -0.4 is 11.1 Å². The van der Waals surface area contributed by atoms with Gasteiger partial charge in [0.2, 0.25) is 0 Å². The number of aryl methyl sites for hydroxylation is 2. The highest BCUT2D eigenvalue weighted by Crippen LogP contribution is 2.26. The lowest BCUT2D eigenvalue weighted by Gasteiger charge is -2.20. The lowest BCUT2D eigenvalue weighted by Crippen LogP contribution is -2.20. The van der Waals surface area contributed by atoms with Crippen molar-refractivity contribution in [2.24, 2.45) is 5.73 Å². The first-order valence-electron chi connectivity index (χ1n) is 6.49. The summed E-state index contributed by atoms with van der Waals surface area (Å²) in [5, 5.41) is 3.50. The van der Waals surface area contributed by atoms with Gasteiger partial charge in [-0.3, -0.25) is 0 Å². The van der Waals surface area contributed by atoms with Crippen LogP contribution in [0.3, 0.4) is 0 Å². The van der Waals surface area contributed by atoms with E-state index in [2.05, 4.69) is 87.4 Å². The van der Waals surface area contributed by atoms with Crippen molar-refractivity contribution in [1.29, 1.82) is 0 Å². The second kappa shape index (κ2) is 6.74. The second-order valence-corrected chi connectivity index (χ2v) is 6.73. The van der Waals surface area contributed by atoms with Gasteiger partial charge in [0.25, 0.3) is 0 Å². The highest BCUT2D eigenvalue weighted by Gasteiger charge is 2.11. The molecule has 3 N–H and O–H groups in total. The molecule has 0 saturated carbocycles. The van der Waals surface area contributed by atoms with Crippen LogP contribution in [0.1, 0.15) is 22.7 Å². The fourth-order valence-corrected chi connectivity index (χ4v) is 3.04. The van der Waals surface area contributed by atoms with Gasteiger partial charge in [-0.1, -0.05) is 44.0 Å². The molecule has 106 valence electrons. The Morgan fingerprint density at radius 1 is 1.10 bits per heavy atom. The minimum atomic E-state index is 0.107. The number of hydrogen-bond donors (Lipinski definition) is 2. The van der Waals surface area contributed by atoms with Crippen LogP contribution in [-0.2, 0) is 0 Å². The summed E-state index contributed by atoms with van der Waals surface area (Å²) in [5.41, 5.74) is 10.6. The molecule has 0 aliphatic rings. The summed E-state index contributed by atoms with van der Waals surface area (Å²) in [6.07, 6.45) is 0. The van der Waals surface area contributed by atoms with Gasteiger partial charge in [0.05, 0.1) is 6.04 Å². The van der Waals surface area contributed by atoms with E-state index in [4.69, 9.17) is 5.73 Å². The minimum absolute atomic E-state index is 0.107. The topological polar surface area (TPSA) is 38.0 Å². The molecule has 0 radical (unpaired) electrons. The quantitative estimate of drug-likeness (QED) is 0.766. The van der Waals surface area contributed by atoms with Gasteiger partial charge < -0.3 is 11.1 Å². The van der Waals surface area contributed by atoms with Gasteiger partial charge in [-0.2, -0.15) is 0 Å². The zero-order valence-corrected chi connectivity index (χ0v) is 14.8. The zero-order valence-electron chi connectivity index (χ0n) is 11.6. The van der Waals surface area contributed by atoms with Crippen molar-refractivity contribution in [3.63, 3.8) is 0 Å². The van der Waals surface area contributed by atoms with Crippen molar-refractivity contribution in [2.45, 2.75) is 19.9 Å². The average molecular weight is 398 g/mol. The molecule has 0 spiro atoms. The first-order valence-corrected chi connectivity index (χ1v) is 8.08. The third kappa shape index (κ3) is 3.84. The van der Waals surface area contributed by atoms with Crippen LogP contribution >= 0.6 is 31.9 Å². The molecule has 0 fully saturated rings. The van der Waals surface area contributed by atoms with E-state index in [1.54, 1.807) is 0 Å². The molecule has 0 aliphatic heterocycles. The van der Waals surface area contributed by atoms with Crippen molar-refractivity contribution in [3.8, 4) is 0 Å². The molecule has 0 saturated heterocycles. The number of nitrogens with one attached hydrogen (secondary N) is 1. The van der Waals surface area contributed by atoms with E-state index in [0.717, 1.165) is 14.6 Å². The molecule has 4 heteroatoms. The predicted octanol–water partition coefficient (Wildman–Crippen LogP) is 4.94. The molecule has 2 nitrogen and oxygen atoms in total. The summed E-state index contributed by atoms with van der Waals surface area (Å²) < 4.78 is 2.19. The van der Waals surface area contributed by atoms with Crippen LogP contribution in [0.2, 0.25) is 0 Å². The van der Waals surface area contributed by atoms with Gasteiger partial charge in [-0.05, 0) is 54.8 Å². The van der Waals surface area contributed by atoms with Gasteiger partial charge in [0.1, 0.15) is 0 Å². The molecule has 2 aromatic rings. The molecule has 0 heterocycles. The molecule has 0 amide bonds. The highest BCUT2D eigenvalue weighted by molar-refractivity contribution is 9.10. The Hall–Kier alpha value is -0.840. The maximum atomic E-state index is 5.93. The number of benzene rings is 2. The van der Waals surface area contributed by atoms with Gasteiger partial charge in [-0.15, -0.1) is 0 Å². The Bertz CT molecular complexity index is 591. The largest absolute Gasteiger partial charge is 0.377 e. The molecule has 1 atom stereocenters. The Morgan fingerprint density at radius 2 is 1.85 bits per heavy atom. The van der Waals surface area contributed by atoms with Crippen molar-refractivity contribution in [3.05, 3.63) is 62.0 Å². The summed E-state index contributed by atoms with van der Waals surface area (Å²) >= 11 is 7.05. The number of rotatable bonds is 4. The van der Waals surface area contributed by atoms with E-state index in [9.17, 15) is 0 Å². The van der Waals surface area contributed by atoms with Gasteiger partial charge in [0.15, 0.2) is 0 Å². The molecule has 2 aromatic carbocycles. The number of anilines is 1. The summed E-state index contributed by atoms with van der Waals surface area (Å²) in [6, 6.07) is 12.7. The van der Waals surface area contributed by atoms with Gasteiger partial charge in [-0.25, -0.2) is 0 Å². The van der Waals surface area contributed by atoms with Crippen LogP contribution in [0.15, 0.2) is 45.3 Å². The fourth-order valence-electron chi connectivity index (χ4n) is 2.18. The first kappa shape index (κ1) is 15.5. The third-order valence-corrected chi connectivity index (χ3v) is 4.55. The summed E-state index contributed by atoms with van der Waals surface area (Å²) in [7, 11) is 0. The fraction of sp³-hybridized carbons (Fsp3) is 0.250. The van der Waals surface area contributed by atoms with E-state index in [-0.39, 0.29) is 6.04 Å². The number of nitrogens with two attached hydrogens (primary N) is 1. The summed E-state index contributed by atoms with van der Waals surface area (Å²) in [4.78, 5) is 0. The van der Waals surface area contributed by atoms with Crippen molar-refractivity contribution in [1.82, 2.24) is 0 Å². The molecule has 0 bridgehead atoms. The van der Waals surface area contributed by atoms with Crippen LogP contribution in [0.5, 0.6) is 0 Å². The summed E-state index contributed by atoms with van der Waals surface area (Å²) in [5.74, 6) is 0. The molecule has 1 unspecified atom stereocenters. The predicted molar refractivity (Wildman–Crippen MR) is 93.2 cm³/mol. The molecular formula is C16H18Br2N2. The third-order valence-electron chi connectivity index (χ3n) is 3.20. The van der Waals surface area contributed by atoms with Crippen molar-refractivity contribution >= 4 is 37.5 Å². The number of halogens is 2. The Kier molecular flexibility index (Phi) is 5.24. The smallest absolute Gasteiger partial charge is 0.0636 e. The van der Waals surface area contributed by atoms with Gasteiger partial charge in [0, 0.05) is 21.2 Å². The van der Waals surface area contributed by atoms with Crippen LogP contribution in [0.4, 0.5) is 5.69 Å². The van der Waals surface area contributed by atoms with E-state index in [1.165, 1.54) is 16.7 Å². The zero-order chi connectivity index (χ0) is 14.7. The van der Waals surface area contributed by atoms with Crippen LogP contribution in [-0.4, -0.2) is 6.54 Å².